The van der Waals surface area contributed by atoms with Crippen LogP contribution in [0.1, 0.15) is 24.8 Å². The zero-order valence-corrected chi connectivity index (χ0v) is 24.1. The van der Waals surface area contributed by atoms with E-state index >= 15 is 0 Å². The fourth-order valence-corrected chi connectivity index (χ4v) is 6.77. The predicted molar refractivity (Wildman–Crippen MR) is 156 cm³/mol. The van der Waals surface area contributed by atoms with Gasteiger partial charge in [-0.05, 0) is 55.2 Å². The number of benzene rings is 3. The molecule has 5 rings (SSSR count). The van der Waals surface area contributed by atoms with E-state index < -0.39 is 22.0 Å². The number of halogens is 1. The van der Waals surface area contributed by atoms with Gasteiger partial charge in [0, 0.05) is 19.6 Å². The molecule has 9 nitrogen and oxygen atoms in total. The van der Waals surface area contributed by atoms with Crippen LogP contribution in [0.3, 0.4) is 0 Å². The Bertz CT molecular complexity index is 1500. The molecule has 1 N–H and O–H groups in total. The number of anilines is 1. The van der Waals surface area contributed by atoms with Crippen molar-refractivity contribution >= 4 is 39.1 Å². The highest BCUT2D eigenvalue weighted by Gasteiger charge is 2.34. The highest BCUT2D eigenvalue weighted by atomic mass is 35.5. The second-order valence-corrected chi connectivity index (χ2v) is 12.3. The first-order chi connectivity index (χ1) is 19.8. The Kier molecular flexibility index (Phi) is 9.12. The van der Waals surface area contributed by atoms with Crippen molar-refractivity contribution in [2.24, 2.45) is 0 Å². The lowest BCUT2D eigenvalue weighted by Crippen LogP contribution is -2.52. The Balaban J connectivity index is 1.22. The van der Waals surface area contributed by atoms with Crippen molar-refractivity contribution < 1.29 is 27.5 Å². The van der Waals surface area contributed by atoms with Crippen molar-refractivity contribution in [2.75, 3.05) is 37.7 Å². The molecule has 0 aliphatic carbocycles. The van der Waals surface area contributed by atoms with Crippen LogP contribution in [0.5, 0.6) is 11.5 Å². The Labute approximate surface area is 245 Å². The molecule has 1 atom stereocenters. The first kappa shape index (κ1) is 28.9. The predicted octanol–water partition coefficient (Wildman–Crippen LogP) is 4.05. The van der Waals surface area contributed by atoms with E-state index in [1.807, 2.05) is 30.3 Å². The maximum Gasteiger partial charge on any atom is 0.265 e. The zero-order valence-electron chi connectivity index (χ0n) is 22.5. The van der Waals surface area contributed by atoms with Crippen LogP contribution in [0.4, 0.5) is 5.69 Å². The third-order valence-corrected chi connectivity index (χ3v) is 9.32. The first-order valence-corrected chi connectivity index (χ1v) is 15.4. The molecule has 0 radical (unpaired) electrons. The van der Waals surface area contributed by atoms with Crippen LogP contribution in [0.25, 0.3) is 0 Å². The van der Waals surface area contributed by atoms with Gasteiger partial charge in [0.15, 0.2) is 12.7 Å². The van der Waals surface area contributed by atoms with Gasteiger partial charge in [-0.25, -0.2) is 8.42 Å². The minimum absolute atomic E-state index is 0.0110. The fourth-order valence-electron chi connectivity index (χ4n) is 4.93. The molecule has 3 aromatic rings. The maximum atomic E-state index is 13.3. The monoisotopic (exact) mass is 597 g/mol. The van der Waals surface area contributed by atoms with Gasteiger partial charge in [-0.3, -0.25) is 9.59 Å². The number of fused-ring (bicyclic) bond motifs is 1. The Morgan fingerprint density at radius 3 is 2.46 bits per heavy atom. The summed E-state index contributed by atoms with van der Waals surface area (Å²) < 4.78 is 39.1. The van der Waals surface area contributed by atoms with Gasteiger partial charge in [0.1, 0.15) is 11.5 Å². The highest BCUT2D eigenvalue weighted by Crippen LogP contribution is 2.34. The Morgan fingerprint density at radius 2 is 1.71 bits per heavy atom. The molecule has 2 amide bonds. The molecular formula is C30H32ClN3O6S. The third kappa shape index (κ3) is 6.83. The summed E-state index contributed by atoms with van der Waals surface area (Å²) >= 11 is 6.38. The molecule has 0 aromatic heterocycles. The van der Waals surface area contributed by atoms with Crippen LogP contribution in [0.15, 0.2) is 77.7 Å². The average molecular weight is 598 g/mol. The molecule has 0 bridgehead atoms. The maximum absolute atomic E-state index is 13.3. The lowest BCUT2D eigenvalue weighted by atomic mass is 10.1. The summed E-state index contributed by atoms with van der Waals surface area (Å²) in [4.78, 5) is 27.8. The molecule has 216 valence electrons. The fraction of sp³-hybridized carbons (Fsp3) is 0.333. The number of hydrogen-bond donors (Lipinski definition) is 1. The molecular weight excluding hydrogens is 566 g/mol. The van der Waals surface area contributed by atoms with Crippen LogP contribution in [0.2, 0.25) is 5.02 Å². The summed E-state index contributed by atoms with van der Waals surface area (Å²) in [5, 5.41) is 2.99. The standard InChI is InChI=1S/C30H32ClN3O6S/c31-24-19-23(41(37,38)33-17-7-2-8-18-33)13-14-26(24)39-21-29(35)34-20-28(40-27-12-6-5-11-25(27)34)30(36)32-16-15-22-9-3-1-4-10-22/h1,3-6,9-14,19,28H,2,7-8,15-18,20-21H2,(H,32,36). The number of carbonyl (C=O) groups is 2. The summed E-state index contributed by atoms with van der Waals surface area (Å²) in [5.74, 6) is -0.110. The van der Waals surface area contributed by atoms with Crippen molar-refractivity contribution in [3.63, 3.8) is 0 Å². The number of nitrogens with one attached hydrogen (secondary N) is 1. The molecule has 1 fully saturated rings. The molecule has 41 heavy (non-hydrogen) atoms. The summed E-state index contributed by atoms with van der Waals surface area (Å²) in [6, 6.07) is 21.1. The number of rotatable bonds is 9. The summed E-state index contributed by atoms with van der Waals surface area (Å²) in [5.41, 5.74) is 1.64. The van der Waals surface area contributed by atoms with Crippen molar-refractivity contribution in [1.29, 1.82) is 0 Å². The topological polar surface area (TPSA) is 105 Å². The normalized spacial score (nSPS) is 17.3. The quantitative estimate of drug-likeness (QED) is 0.399. The number of hydrogen-bond acceptors (Lipinski definition) is 6. The van der Waals surface area contributed by atoms with Gasteiger partial charge in [-0.2, -0.15) is 4.31 Å². The number of amides is 2. The molecule has 2 aliphatic heterocycles. The zero-order chi connectivity index (χ0) is 28.8. The van der Waals surface area contributed by atoms with Gasteiger partial charge >= 0.3 is 0 Å². The Hall–Kier alpha value is -3.60. The molecule has 1 saturated heterocycles. The molecule has 0 spiro atoms. The SMILES string of the molecule is O=C(NCCc1ccccc1)C1CN(C(=O)COc2ccc(S(=O)(=O)N3CCCCC3)cc2Cl)c2ccccc2O1. The van der Waals surface area contributed by atoms with Crippen LogP contribution < -0.4 is 19.7 Å². The minimum atomic E-state index is -3.65. The average Bonchev–Trinajstić information content (AvgIpc) is 3.00. The first-order valence-electron chi connectivity index (χ1n) is 13.6. The number of para-hydroxylation sites is 2. The summed E-state index contributed by atoms with van der Waals surface area (Å²) in [6.45, 7) is 1.05. The molecule has 0 saturated carbocycles. The molecule has 11 heteroatoms. The molecule has 1 unspecified atom stereocenters. The lowest BCUT2D eigenvalue weighted by molar-refractivity contribution is -0.128. The van der Waals surface area contributed by atoms with Crippen LogP contribution in [-0.2, 0) is 26.0 Å². The second kappa shape index (κ2) is 12.9. The van der Waals surface area contributed by atoms with E-state index in [2.05, 4.69) is 5.32 Å². The van der Waals surface area contributed by atoms with E-state index in [1.54, 1.807) is 24.3 Å². The number of carbonyl (C=O) groups excluding carboxylic acids is 2. The van der Waals surface area contributed by atoms with E-state index in [1.165, 1.54) is 27.4 Å². The number of sulfonamides is 1. The van der Waals surface area contributed by atoms with Gasteiger partial charge in [0.05, 0.1) is 22.2 Å². The van der Waals surface area contributed by atoms with E-state index in [4.69, 9.17) is 21.1 Å². The van der Waals surface area contributed by atoms with Gasteiger partial charge < -0.3 is 19.7 Å². The lowest BCUT2D eigenvalue weighted by Gasteiger charge is -2.34. The number of nitrogens with zero attached hydrogens (tertiary/aromatic N) is 2. The smallest absolute Gasteiger partial charge is 0.265 e. The van der Waals surface area contributed by atoms with Gasteiger partial charge in [-0.1, -0.05) is 60.5 Å². The van der Waals surface area contributed by atoms with Crippen molar-refractivity contribution in [3.05, 3.63) is 83.4 Å². The van der Waals surface area contributed by atoms with Crippen molar-refractivity contribution in [2.45, 2.75) is 36.7 Å². The van der Waals surface area contributed by atoms with E-state index in [0.717, 1.165) is 24.8 Å². The van der Waals surface area contributed by atoms with E-state index in [0.29, 0.717) is 37.5 Å². The van der Waals surface area contributed by atoms with Crippen molar-refractivity contribution in [1.82, 2.24) is 9.62 Å². The van der Waals surface area contributed by atoms with E-state index in [-0.39, 0.29) is 34.7 Å². The van der Waals surface area contributed by atoms with E-state index in [9.17, 15) is 18.0 Å². The van der Waals surface area contributed by atoms with Gasteiger partial charge in [0.25, 0.3) is 11.8 Å². The molecule has 3 aromatic carbocycles. The Morgan fingerprint density at radius 1 is 0.976 bits per heavy atom. The summed E-state index contributed by atoms with van der Waals surface area (Å²) in [7, 11) is -3.65. The summed E-state index contributed by atoms with van der Waals surface area (Å²) in [6.07, 6.45) is 2.45. The third-order valence-electron chi connectivity index (χ3n) is 7.13. The number of piperidine rings is 1. The van der Waals surface area contributed by atoms with Crippen LogP contribution in [0, 0.1) is 0 Å². The molecule has 2 heterocycles. The second-order valence-electron chi connectivity index (χ2n) is 9.95. The van der Waals surface area contributed by atoms with Crippen LogP contribution in [-0.4, -0.2) is 63.4 Å². The highest BCUT2D eigenvalue weighted by molar-refractivity contribution is 7.89. The van der Waals surface area contributed by atoms with Gasteiger partial charge in [0.2, 0.25) is 10.0 Å². The largest absolute Gasteiger partial charge is 0.482 e. The van der Waals surface area contributed by atoms with Gasteiger partial charge in [-0.15, -0.1) is 0 Å². The minimum Gasteiger partial charge on any atom is -0.482 e. The number of ether oxygens (including phenoxy) is 2. The van der Waals surface area contributed by atoms with Crippen molar-refractivity contribution in [3.8, 4) is 11.5 Å². The van der Waals surface area contributed by atoms with Crippen LogP contribution >= 0.6 is 11.6 Å². The molecule has 2 aliphatic rings.